The molecule has 1 aromatic rings. The monoisotopic (exact) mass is 232 g/mol. The quantitative estimate of drug-likeness (QED) is 0.836. The van der Waals surface area contributed by atoms with E-state index in [0.717, 1.165) is 12.3 Å². The Morgan fingerprint density at radius 3 is 2.41 bits per heavy atom. The Labute approximate surface area is 105 Å². The molecule has 0 aliphatic heterocycles. The van der Waals surface area contributed by atoms with E-state index in [1.54, 1.807) is 0 Å². The number of likely N-dealkylation sites (N-methyl/N-ethyl adjacent to an activating group) is 1. The number of nitrogens with one attached hydrogen (secondary N) is 1. The maximum atomic E-state index is 5.97. The van der Waals surface area contributed by atoms with Crippen molar-refractivity contribution in [3.8, 4) is 0 Å². The van der Waals surface area contributed by atoms with Gasteiger partial charge in [0.25, 0.3) is 0 Å². The van der Waals surface area contributed by atoms with Gasteiger partial charge in [0.1, 0.15) is 0 Å². The molecule has 0 amide bonds. The highest BCUT2D eigenvalue weighted by atomic mass is 14.9. The minimum Gasteiger partial charge on any atom is -0.328 e. The van der Waals surface area contributed by atoms with Crippen LogP contribution in [0.1, 0.15) is 31.2 Å². The maximum absolute atomic E-state index is 5.97. The first-order chi connectivity index (χ1) is 8.29. The van der Waals surface area contributed by atoms with Gasteiger partial charge in [-0.15, -0.1) is 0 Å². The summed E-state index contributed by atoms with van der Waals surface area (Å²) in [6, 6.07) is 11.8. The average Bonchev–Trinajstić information content (AvgIpc) is 2.38. The summed E-state index contributed by atoms with van der Waals surface area (Å²) in [7, 11) is 2.09. The molecule has 2 rings (SSSR count). The van der Waals surface area contributed by atoms with Gasteiger partial charge in [-0.2, -0.15) is 0 Å². The Hall–Kier alpha value is -0.860. The van der Waals surface area contributed by atoms with Crippen LogP contribution in [0.2, 0.25) is 0 Å². The third kappa shape index (κ3) is 3.55. The van der Waals surface area contributed by atoms with Crippen LogP contribution in [0.15, 0.2) is 30.3 Å². The number of hydrogen-bond acceptors (Lipinski definition) is 2. The van der Waals surface area contributed by atoms with Crippen molar-refractivity contribution in [3.63, 3.8) is 0 Å². The first-order valence-corrected chi connectivity index (χ1v) is 6.76. The smallest absolute Gasteiger partial charge is 0.0133 e. The molecule has 1 unspecified atom stereocenters. The Morgan fingerprint density at radius 2 is 1.82 bits per heavy atom. The zero-order chi connectivity index (χ0) is 12.1. The molecule has 1 aliphatic carbocycles. The molecule has 2 heteroatoms. The lowest BCUT2D eigenvalue weighted by Gasteiger charge is -2.32. The molecule has 1 atom stereocenters. The van der Waals surface area contributed by atoms with Gasteiger partial charge in [0.05, 0.1) is 0 Å². The first kappa shape index (κ1) is 12.6. The van der Waals surface area contributed by atoms with Crippen LogP contribution in [0.25, 0.3) is 0 Å². The highest BCUT2D eigenvalue weighted by molar-refractivity contribution is 5.16. The van der Waals surface area contributed by atoms with Crippen molar-refractivity contribution in [2.45, 2.75) is 44.2 Å². The fourth-order valence-corrected chi connectivity index (χ4v) is 2.92. The van der Waals surface area contributed by atoms with Crippen LogP contribution in [0, 0.1) is 5.92 Å². The van der Waals surface area contributed by atoms with E-state index in [-0.39, 0.29) is 0 Å². The molecule has 1 saturated carbocycles. The van der Waals surface area contributed by atoms with E-state index in [1.165, 1.54) is 31.2 Å². The normalized spacial score (nSPS) is 26.7. The molecular weight excluding hydrogens is 208 g/mol. The van der Waals surface area contributed by atoms with Gasteiger partial charge in [-0.05, 0) is 50.6 Å². The molecular formula is C15H24N2. The summed E-state index contributed by atoms with van der Waals surface area (Å²) in [5.74, 6) is 0.792. The molecule has 2 nitrogen and oxygen atoms in total. The minimum absolute atomic E-state index is 0.445. The van der Waals surface area contributed by atoms with E-state index < -0.39 is 0 Å². The van der Waals surface area contributed by atoms with E-state index >= 15 is 0 Å². The minimum atomic E-state index is 0.445. The summed E-state index contributed by atoms with van der Waals surface area (Å²) in [5, 5.41) is 3.49. The Bertz CT molecular complexity index is 315. The van der Waals surface area contributed by atoms with Crippen LogP contribution in [0.3, 0.4) is 0 Å². The SMILES string of the molecule is CNC(Cc1ccccc1)[C@H]1CC[C@H](N)CC1. The number of nitrogens with two attached hydrogens (primary N) is 1. The molecule has 94 valence electrons. The Morgan fingerprint density at radius 1 is 1.18 bits per heavy atom. The van der Waals surface area contributed by atoms with Gasteiger partial charge in [-0.25, -0.2) is 0 Å². The van der Waals surface area contributed by atoms with Gasteiger partial charge in [0.2, 0.25) is 0 Å². The summed E-state index contributed by atoms with van der Waals surface area (Å²) < 4.78 is 0. The molecule has 1 fully saturated rings. The van der Waals surface area contributed by atoms with E-state index in [1.807, 2.05) is 0 Å². The molecule has 0 radical (unpaired) electrons. The van der Waals surface area contributed by atoms with Crippen molar-refractivity contribution in [1.29, 1.82) is 0 Å². The zero-order valence-corrected chi connectivity index (χ0v) is 10.7. The average molecular weight is 232 g/mol. The zero-order valence-electron chi connectivity index (χ0n) is 10.7. The second kappa shape index (κ2) is 6.18. The first-order valence-electron chi connectivity index (χ1n) is 6.76. The summed E-state index contributed by atoms with van der Waals surface area (Å²) in [6.45, 7) is 0. The van der Waals surface area contributed by atoms with Crippen molar-refractivity contribution in [2.75, 3.05) is 7.05 Å². The van der Waals surface area contributed by atoms with Crippen LogP contribution >= 0.6 is 0 Å². The predicted molar refractivity (Wildman–Crippen MR) is 72.9 cm³/mol. The fourth-order valence-electron chi connectivity index (χ4n) is 2.92. The van der Waals surface area contributed by atoms with Crippen LogP contribution in [-0.4, -0.2) is 19.1 Å². The molecule has 1 aromatic carbocycles. The second-order valence-electron chi connectivity index (χ2n) is 5.26. The van der Waals surface area contributed by atoms with E-state index in [2.05, 4.69) is 42.7 Å². The van der Waals surface area contributed by atoms with E-state index in [9.17, 15) is 0 Å². The van der Waals surface area contributed by atoms with Crippen molar-refractivity contribution >= 4 is 0 Å². The lowest BCUT2D eigenvalue weighted by Crippen LogP contribution is -2.39. The Balaban J connectivity index is 1.92. The second-order valence-corrected chi connectivity index (χ2v) is 5.26. The molecule has 0 spiro atoms. The molecule has 0 aromatic heterocycles. The van der Waals surface area contributed by atoms with Crippen molar-refractivity contribution < 1.29 is 0 Å². The van der Waals surface area contributed by atoms with Gasteiger partial charge in [-0.1, -0.05) is 30.3 Å². The van der Waals surface area contributed by atoms with Gasteiger partial charge >= 0.3 is 0 Å². The number of rotatable bonds is 4. The van der Waals surface area contributed by atoms with Crippen LogP contribution in [0.5, 0.6) is 0 Å². The highest BCUT2D eigenvalue weighted by Crippen LogP contribution is 2.27. The van der Waals surface area contributed by atoms with E-state index in [4.69, 9.17) is 5.73 Å². The van der Waals surface area contributed by atoms with Crippen LogP contribution < -0.4 is 11.1 Å². The molecule has 0 saturated heterocycles. The van der Waals surface area contributed by atoms with E-state index in [0.29, 0.717) is 12.1 Å². The topological polar surface area (TPSA) is 38.0 Å². The molecule has 3 N–H and O–H groups in total. The van der Waals surface area contributed by atoms with Gasteiger partial charge in [0.15, 0.2) is 0 Å². The highest BCUT2D eigenvalue weighted by Gasteiger charge is 2.25. The van der Waals surface area contributed by atoms with Crippen molar-refractivity contribution in [2.24, 2.45) is 11.7 Å². The lowest BCUT2D eigenvalue weighted by atomic mass is 9.80. The fraction of sp³-hybridized carbons (Fsp3) is 0.600. The number of benzene rings is 1. The van der Waals surface area contributed by atoms with Crippen LogP contribution in [0.4, 0.5) is 0 Å². The van der Waals surface area contributed by atoms with Gasteiger partial charge < -0.3 is 11.1 Å². The van der Waals surface area contributed by atoms with Crippen molar-refractivity contribution in [3.05, 3.63) is 35.9 Å². The predicted octanol–water partition coefficient (Wildman–Crippen LogP) is 2.33. The third-order valence-corrected chi connectivity index (χ3v) is 4.05. The largest absolute Gasteiger partial charge is 0.328 e. The molecule has 17 heavy (non-hydrogen) atoms. The van der Waals surface area contributed by atoms with Crippen molar-refractivity contribution in [1.82, 2.24) is 5.32 Å². The Kier molecular flexibility index (Phi) is 4.57. The van der Waals surface area contributed by atoms with Gasteiger partial charge in [-0.3, -0.25) is 0 Å². The number of hydrogen-bond donors (Lipinski definition) is 2. The molecule has 1 aliphatic rings. The van der Waals surface area contributed by atoms with Crippen LogP contribution in [-0.2, 0) is 6.42 Å². The summed E-state index contributed by atoms with van der Waals surface area (Å²) in [5.41, 5.74) is 7.40. The summed E-state index contributed by atoms with van der Waals surface area (Å²) in [4.78, 5) is 0. The van der Waals surface area contributed by atoms with Gasteiger partial charge in [0, 0.05) is 12.1 Å². The standard InChI is InChI=1S/C15H24N2/c1-17-15(11-12-5-3-2-4-6-12)13-7-9-14(16)10-8-13/h2-6,13-15,17H,7-11,16H2,1H3/t13-,14-,15?. The third-order valence-electron chi connectivity index (χ3n) is 4.05. The maximum Gasteiger partial charge on any atom is 0.0133 e. The summed E-state index contributed by atoms with van der Waals surface area (Å²) in [6.07, 6.45) is 6.07. The molecule has 0 bridgehead atoms. The lowest BCUT2D eigenvalue weighted by molar-refractivity contribution is 0.259. The molecule has 0 heterocycles. The summed E-state index contributed by atoms with van der Waals surface area (Å²) >= 11 is 0.